The second kappa shape index (κ2) is 3.82. The van der Waals surface area contributed by atoms with Gasteiger partial charge in [-0.3, -0.25) is 9.59 Å². The smallest absolute Gasteiger partial charge is 0.303 e. The van der Waals surface area contributed by atoms with Crippen LogP contribution in [-0.2, 0) is 23.8 Å². The summed E-state index contributed by atoms with van der Waals surface area (Å²) >= 11 is 0. The van der Waals surface area contributed by atoms with E-state index in [1.54, 1.807) is 6.08 Å². The molecular weight excluding hydrogens is 284 g/mol. The monoisotopic (exact) mass is 306 g/mol. The van der Waals surface area contributed by atoms with Crippen molar-refractivity contribution in [1.82, 2.24) is 0 Å². The molecule has 120 valence electrons. The quantitative estimate of drug-likeness (QED) is 0.546. The van der Waals surface area contributed by atoms with E-state index >= 15 is 0 Å². The Morgan fingerprint density at radius 3 is 2.55 bits per heavy atom. The summed E-state index contributed by atoms with van der Waals surface area (Å²) in [4.78, 5) is 24.0. The zero-order valence-electron chi connectivity index (χ0n) is 13.6. The van der Waals surface area contributed by atoms with Crippen LogP contribution in [0.4, 0.5) is 0 Å². The first-order valence-corrected chi connectivity index (χ1v) is 7.92. The topological polar surface area (TPSA) is 68.4 Å². The van der Waals surface area contributed by atoms with Crippen LogP contribution in [0, 0.1) is 11.3 Å². The summed E-state index contributed by atoms with van der Waals surface area (Å²) in [6.45, 7) is 9.57. The summed E-state index contributed by atoms with van der Waals surface area (Å²) in [5.74, 6) is -0.152. The molecule has 0 amide bonds. The lowest BCUT2D eigenvalue weighted by atomic mass is 9.56. The molecule has 5 nitrogen and oxygen atoms in total. The molecule has 0 aromatic heterocycles. The van der Waals surface area contributed by atoms with Crippen LogP contribution in [0.15, 0.2) is 11.6 Å². The SMILES string of the molecule is CC(=O)O[C@H]1[C@H]2O[C@H]2C2=CC(=O)C3(C[C@]2(C)[C@H]1C)OC3(C)C. The van der Waals surface area contributed by atoms with Crippen LogP contribution < -0.4 is 0 Å². The van der Waals surface area contributed by atoms with Gasteiger partial charge in [-0.15, -0.1) is 0 Å². The molecule has 22 heavy (non-hydrogen) atoms. The lowest BCUT2D eigenvalue weighted by Gasteiger charge is -2.47. The maximum Gasteiger partial charge on any atom is 0.303 e. The standard InChI is InChI=1S/C17H22O5/c1-8-12(20-9(2)18)14-13(21-14)10-6-11(19)17(7-16(8,10)5)15(3,4)22-17/h6,8,12-14H,7H2,1-5H3/t8-,12+,13-,14+,16+,17?/m0/s1. The van der Waals surface area contributed by atoms with E-state index in [1.807, 2.05) is 13.8 Å². The minimum absolute atomic E-state index is 0.0531. The lowest BCUT2D eigenvalue weighted by Crippen LogP contribution is -2.53. The van der Waals surface area contributed by atoms with Crippen LogP contribution in [-0.4, -0.2) is 41.3 Å². The number of ketones is 1. The molecule has 1 unspecified atom stereocenters. The van der Waals surface area contributed by atoms with Crippen molar-refractivity contribution in [2.45, 2.75) is 70.6 Å². The van der Waals surface area contributed by atoms with E-state index in [0.29, 0.717) is 6.42 Å². The number of epoxide rings is 2. The molecule has 0 N–H and O–H groups in total. The van der Waals surface area contributed by atoms with Gasteiger partial charge in [0.15, 0.2) is 11.4 Å². The molecule has 4 aliphatic rings. The summed E-state index contributed by atoms with van der Waals surface area (Å²) < 4.78 is 17.1. The number of esters is 1. The van der Waals surface area contributed by atoms with Gasteiger partial charge < -0.3 is 14.2 Å². The van der Waals surface area contributed by atoms with E-state index in [1.165, 1.54) is 6.92 Å². The first-order valence-electron chi connectivity index (χ1n) is 7.92. The predicted octanol–water partition coefficient (Wildman–Crippen LogP) is 1.79. The molecule has 0 aromatic rings. The van der Waals surface area contributed by atoms with Gasteiger partial charge in [-0.1, -0.05) is 13.8 Å². The minimum Gasteiger partial charge on any atom is -0.459 e. The molecule has 0 aromatic carbocycles. The highest BCUT2D eigenvalue weighted by Gasteiger charge is 2.75. The van der Waals surface area contributed by atoms with E-state index in [2.05, 4.69) is 13.8 Å². The van der Waals surface area contributed by atoms with Crippen LogP contribution in [0.1, 0.15) is 41.0 Å². The van der Waals surface area contributed by atoms with Gasteiger partial charge in [-0.05, 0) is 31.9 Å². The lowest BCUT2D eigenvalue weighted by molar-refractivity contribution is -0.153. The van der Waals surface area contributed by atoms with E-state index in [0.717, 1.165) is 5.57 Å². The van der Waals surface area contributed by atoms with Gasteiger partial charge in [0, 0.05) is 18.3 Å². The molecule has 1 spiro atoms. The Balaban J connectivity index is 1.74. The van der Waals surface area contributed by atoms with Gasteiger partial charge in [-0.2, -0.15) is 0 Å². The van der Waals surface area contributed by atoms with Crippen LogP contribution >= 0.6 is 0 Å². The molecular formula is C17H22O5. The van der Waals surface area contributed by atoms with Gasteiger partial charge >= 0.3 is 5.97 Å². The highest BCUT2D eigenvalue weighted by atomic mass is 16.6. The van der Waals surface area contributed by atoms with Crippen LogP contribution in [0.3, 0.4) is 0 Å². The van der Waals surface area contributed by atoms with E-state index in [9.17, 15) is 9.59 Å². The maximum absolute atomic E-state index is 12.6. The second-order valence-corrected chi connectivity index (χ2v) is 7.88. The van der Waals surface area contributed by atoms with E-state index in [-0.39, 0.29) is 41.4 Å². The number of hydrogen-bond acceptors (Lipinski definition) is 5. The van der Waals surface area contributed by atoms with Crippen molar-refractivity contribution < 1.29 is 23.8 Å². The average Bonchev–Trinajstić information content (AvgIpc) is 3.26. The first-order chi connectivity index (χ1) is 10.1. The number of rotatable bonds is 1. The van der Waals surface area contributed by atoms with Crippen molar-refractivity contribution in [2.75, 3.05) is 0 Å². The molecule has 2 saturated heterocycles. The maximum atomic E-state index is 12.6. The van der Waals surface area contributed by atoms with Crippen LogP contribution in [0.2, 0.25) is 0 Å². The largest absolute Gasteiger partial charge is 0.459 e. The zero-order valence-corrected chi connectivity index (χ0v) is 13.6. The molecule has 4 rings (SSSR count). The normalized spacial score (nSPS) is 50.8. The Kier molecular flexibility index (Phi) is 2.50. The Labute approximate surface area is 130 Å². The number of carbonyl (C=O) groups excluding carboxylic acids is 2. The fourth-order valence-electron chi connectivity index (χ4n) is 4.60. The molecule has 5 heteroatoms. The van der Waals surface area contributed by atoms with Crippen molar-refractivity contribution in [3.8, 4) is 0 Å². The van der Waals surface area contributed by atoms with Crippen molar-refractivity contribution in [3.05, 3.63) is 11.6 Å². The molecule has 3 fully saturated rings. The Hall–Kier alpha value is -1.20. The van der Waals surface area contributed by atoms with Gasteiger partial charge in [0.2, 0.25) is 0 Å². The van der Waals surface area contributed by atoms with Gasteiger partial charge in [0.1, 0.15) is 23.9 Å². The summed E-state index contributed by atoms with van der Waals surface area (Å²) in [5.41, 5.74) is -0.343. The Morgan fingerprint density at radius 1 is 1.36 bits per heavy atom. The van der Waals surface area contributed by atoms with Gasteiger partial charge in [0.25, 0.3) is 0 Å². The fourth-order valence-corrected chi connectivity index (χ4v) is 4.60. The highest BCUT2D eigenvalue weighted by molar-refractivity contribution is 6.02. The summed E-state index contributed by atoms with van der Waals surface area (Å²) in [7, 11) is 0. The Morgan fingerprint density at radius 2 is 2.00 bits per heavy atom. The first kappa shape index (κ1) is 14.4. The molecule has 0 radical (unpaired) electrons. The summed E-state index contributed by atoms with van der Waals surface area (Å²) in [5, 5.41) is 0. The predicted molar refractivity (Wildman–Crippen MR) is 77.1 cm³/mol. The van der Waals surface area contributed by atoms with Crippen molar-refractivity contribution >= 4 is 11.8 Å². The third-order valence-corrected chi connectivity index (χ3v) is 6.28. The second-order valence-electron chi connectivity index (χ2n) is 7.88. The summed E-state index contributed by atoms with van der Waals surface area (Å²) in [6, 6.07) is 0. The number of fused-ring (bicyclic) bond motifs is 3. The molecule has 6 atom stereocenters. The fraction of sp³-hybridized carbons (Fsp3) is 0.765. The number of carbonyl (C=O) groups is 2. The summed E-state index contributed by atoms with van der Waals surface area (Å²) in [6.07, 6.45) is 1.92. The molecule has 2 heterocycles. The third kappa shape index (κ3) is 1.56. The molecule has 2 aliphatic carbocycles. The number of ether oxygens (including phenoxy) is 3. The third-order valence-electron chi connectivity index (χ3n) is 6.28. The van der Waals surface area contributed by atoms with Crippen LogP contribution in [0.5, 0.6) is 0 Å². The van der Waals surface area contributed by atoms with Gasteiger partial charge in [0.05, 0.1) is 0 Å². The number of hydrogen-bond donors (Lipinski definition) is 0. The average molecular weight is 306 g/mol. The molecule has 2 aliphatic heterocycles. The van der Waals surface area contributed by atoms with E-state index < -0.39 is 11.2 Å². The van der Waals surface area contributed by atoms with Crippen molar-refractivity contribution in [1.29, 1.82) is 0 Å². The van der Waals surface area contributed by atoms with Gasteiger partial charge in [-0.25, -0.2) is 0 Å². The Bertz CT molecular complexity index is 621. The van der Waals surface area contributed by atoms with Crippen molar-refractivity contribution in [3.63, 3.8) is 0 Å². The highest BCUT2D eigenvalue weighted by Crippen LogP contribution is 2.65. The van der Waals surface area contributed by atoms with Crippen LogP contribution in [0.25, 0.3) is 0 Å². The minimum atomic E-state index is -0.720. The van der Waals surface area contributed by atoms with E-state index in [4.69, 9.17) is 14.2 Å². The molecule has 1 saturated carbocycles. The van der Waals surface area contributed by atoms with Crippen molar-refractivity contribution in [2.24, 2.45) is 11.3 Å². The zero-order chi connectivity index (χ0) is 16.1. The molecule has 0 bridgehead atoms.